The van der Waals surface area contributed by atoms with Crippen molar-refractivity contribution in [3.05, 3.63) is 35.2 Å². The van der Waals surface area contributed by atoms with E-state index in [-0.39, 0.29) is 0 Å². The maximum atomic E-state index is 6.06. The van der Waals surface area contributed by atoms with Crippen molar-refractivity contribution >= 4 is 28.8 Å². The van der Waals surface area contributed by atoms with Gasteiger partial charge in [-0.15, -0.1) is 10.2 Å². The van der Waals surface area contributed by atoms with E-state index in [9.17, 15) is 0 Å². The summed E-state index contributed by atoms with van der Waals surface area (Å²) in [5.74, 6) is 7.14. The van der Waals surface area contributed by atoms with Gasteiger partial charge in [-0.3, -0.25) is 4.90 Å². The Bertz CT molecular complexity index is 1050. The van der Waals surface area contributed by atoms with Crippen molar-refractivity contribution in [2.75, 3.05) is 61.3 Å². The van der Waals surface area contributed by atoms with Crippen LogP contribution in [0.3, 0.4) is 0 Å². The lowest BCUT2D eigenvalue weighted by atomic mass is 9.71. The molecule has 2 aromatic heterocycles. The molecule has 0 unspecified atom stereocenters. The first-order valence-corrected chi connectivity index (χ1v) is 13.4. The first-order valence-electron chi connectivity index (χ1n) is 13.1. The van der Waals surface area contributed by atoms with Crippen molar-refractivity contribution in [2.24, 2.45) is 5.41 Å². The number of nitrogens with two attached hydrogens (primary N) is 1. The van der Waals surface area contributed by atoms with E-state index in [0.29, 0.717) is 16.4 Å². The molecule has 0 aromatic carbocycles. The molecule has 0 atom stereocenters. The highest BCUT2D eigenvalue weighted by Gasteiger charge is 2.38. The second-order valence-electron chi connectivity index (χ2n) is 10.3. The molecule has 186 valence electrons. The number of likely N-dealkylation sites (tertiary alicyclic amines) is 1. The van der Waals surface area contributed by atoms with E-state index in [1.807, 2.05) is 12.3 Å². The molecule has 0 saturated carbocycles. The van der Waals surface area contributed by atoms with E-state index in [1.54, 1.807) is 0 Å². The van der Waals surface area contributed by atoms with Crippen LogP contribution in [0.1, 0.15) is 57.1 Å². The molecule has 5 rings (SSSR count). The number of hydrogen-bond donors (Lipinski definition) is 1. The summed E-state index contributed by atoms with van der Waals surface area (Å²) in [4.78, 5) is 11.8. The maximum absolute atomic E-state index is 6.06. The summed E-state index contributed by atoms with van der Waals surface area (Å²) in [5, 5.41) is 8.22. The second-order valence-corrected chi connectivity index (χ2v) is 10.7. The predicted molar refractivity (Wildman–Crippen MR) is 143 cm³/mol. The van der Waals surface area contributed by atoms with Crippen LogP contribution >= 0.6 is 11.6 Å². The van der Waals surface area contributed by atoms with Crippen LogP contribution in [0.4, 0.5) is 17.2 Å². The van der Waals surface area contributed by atoms with E-state index < -0.39 is 0 Å². The van der Waals surface area contributed by atoms with Crippen LogP contribution in [0.25, 0.3) is 0 Å². The number of rotatable bonds is 3. The third-order valence-corrected chi connectivity index (χ3v) is 8.27. The minimum Gasteiger partial charge on any atom is -0.380 e. The number of halogens is 1. The Kier molecular flexibility index (Phi) is 7.60. The van der Waals surface area contributed by atoms with E-state index in [0.717, 1.165) is 44.1 Å². The highest BCUT2D eigenvalue weighted by Crippen LogP contribution is 2.43. The van der Waals surface area contributed by atoms with Gasteiger partial charge in [0.05, 0.1) is 12.2 Å². The number of piperidine rings is 2. The van der Waals surface area contributed by atoms with Gasteiger partial charge in [0.1, 0.15) is 5.69 Å². The summed E-state index contributed by atoms with van der Waals surface area (Å²) < 4.78 is 0. The molecule has 0 radical (unpaired) electrons. The number of nitrogen functional groups attached to an aromatic ring is 1. The normalized spacial score (nSPS) is 20.8. The summed E-state index contributed by atoms with van der Waals surface area (Å²) in [7, 11) is 0. The number of aromatic nitrogens is 3. The quantitative estimate of drug-likeness (QED) is 0.641. The van der Waals surface area contributed by atoms with Gasteiger partial charge in [0, 0.05) is 44.1 Å². The van der Waals surface area contributed by atoms with Gasteiger partial charge >= 0.3 is 0 Å². The van der Waals surface area contributed by atoms with Crippen LogP contribution in [-0.2, 0) is 0 Å². The topological polar surface area (TPSA) is 74.4 Å². The molecule has 0 bridgehead atoms. The molecule has 5 heterocycles. The molecular formula is C27H36ClN7. The summed E-state index contributed by atoms with van der Waals surface area (Å²) in [6, 6.07) is 6.13. The predicted octanol–water partition coefficient (Wildman–Crippen LogP) is 4.22. The van der Waals surface area contributed by atoms with Gasteiger partial charge in [-0.25, -0.2) is 4.98 Å². The molecule has 8 heteroatoms. The summed E-state index contributed by atoms with van der Waals surface area (Å²) in [6.07, 6.45) is 12.0. The van der Waals surface area contributed by atoms with E-state index in [2.05, 4.69) is 53.9 Å². The Balaban J connectivity index is 1.15. The molecule has 2 N–H and O–H groups in total. The average molecular weight is 494 g/mol. The first kappa shape index (κ1) is 24.1. The zero-order valence-corrected chi connectivity index (χ0v) is 21.3. The SMILES string of the molecule is Nc1nnc(Cl)cc1N1CCC2(CCN(c3ccnc(C#CCN4CCCCCC4)c3)CC2)CC1. The molecule has 1 spiro atoms. The number of anilines is 3. The zero-order valence-electron chi connectivity index (χ0n) is 20.6. The fraction of sp³-hybridized carbons (Fsp3) is 0.593. The van der Waals surface area contributed by atoms with Gasteiger partial charge in [0.15, 0.2) is 11.0 Å². The Labute approximate surface area is 214 Å². The van der Waals surface area contributed by atoms with Gasteiger partial charge < -0.3 is 15.5 Å². The molecule has 7 nitrogen and oxygen atoms in total. The lowest BCUT2D eigenvalue weighted by molar-refractivity contribution is 0.167. The molecule has 0 aliphatic carbocycles. The molecule has 3 aliphatic heterocycles. The van der Waals surface area contributed by atoms with Gasteiger partial charge in [-0.2, -0.15) is 0 Å². The molecule has 0 amide bonds. The second kappa shape index (κ2) is 11.0. The van der Waals surface area contributed by atoms with Crippen molar-refractivity contribution in [1.29, 1.82) is 0 Å². The highest BCUT2D eigenvalue weighted by atomic mass is 35.5. The van der Waals surface area contributed by atoms with Crippen molar-refractivity contribution < 1.29 is 0 Å². The minimum atomic E-state index is 0.395. The Morgan fingerprint density at radius 1 is 0.886 bits per heavy atom. The van der Waals surface area contributed by atoms with Crippen molar-refractivity contribution in [2.45, 2.75) is 51.4 Å². The van der Waals surface area contributed by atoms with Gasteiger partial charge in [0.25, 0.3) is 0 Å². The highest BCUT2D eigenvalue weighted by molar-refractivity contribution is 6.29. The number of pyridine rings is 1. The molecule has 3 aliphatic rings. The standard InChI is InChI=1S/C27H36ClN7/c28-25-21-24(26(29)32-31-25)35-18-10-27(11-19-35)8-16-34(17-9-27)23-7-12-30-22(20-23)6-5-15-33-13-3-1-2-4-14-33/h7,12,20-21H,1-4,8-11,13-19H2,(H2,29,32). The fourth-order valence-corrected chi connectivity index (χ4v) is 5.94. The van der Waals surface area contributed by atoms with Crippen LogP contribution in [0.2, 0.25) is 5.15 Å². The minimum absolute atomic E-state index is 0.395. The largest absolute Gasteiger partial charge is 0.380 e. The monoisotopic (exact) mass is 493 g/mol. The van der Waals surface area contributed by atoms with Crippen molar-refractivity contribution in [3.63, 3.8) is 0 Å². The molecular weight excluding hydrogens is 458 g/mol. The molecule has 3 saturated heterocycles. The molecule has 35 heavy (non-hydrogen) atoms. The van der Waals surface area contributed by atoms with Crippen molar-refractivity contribution in [3.8, 4) is 11.8 Å². The maximum Gasteiger partial charge on any atom is 0.169 e. The van der Waals surface area contributed by atoms with Crippen LogP contribution in [0.5, 0.6) is 0 Å². The van der Waals surface area contributed by atoms with Crippen LogP contribution in [0, 0.1) is 17.3 Å². The summed E-state index contributed by atoms with van der Waals surface area (Å²) in [5.41, 5.74) is 9.52. The third kappa shape index (κ3) is 5.99. The number of nitrogens with zero attached hydrogens (tertiary/aromatic N) is 6. The van der Waals surface area contributed by atoms with E-state index in [4.69, 9.17) is 17.3 Å². The van der Waals surface area contributed by atoms with Gasteiger partial charge in [0.2, 0.25) is 0 Å². The van der Waals surface area contributed by atoms with Gasteiger partial charge in [-0.1, -0.05) is 30.4 Å². The van der Waals surface area contributed by atoms with E-state index >= 15 is 0 Å². The summed E-state index contributed by atoms with van der Waals surface area (Å²) in [6.45, 7) is 7.33. The Morgan fingerprint density at radius 2 is 1.57 bits per heavy atom. The number of hydrogen-bond acceptors (Lipinski definition) is 7. The van der Waals surface area contributed by atoms with Crippen LogP contribution in [-0.4, -0.2) is 65.9 Å². The Hall–Kier alpha value is -2.56. The molecule has 2 aromatic rings. The smallest absolute Gasteiger partial charge is 0.169 e. The zero-order chi connectivity index (χ0) is 24.1. The van der Waals surface area contributed by atoms with Crippen molar-refractivity contribution in [1.82, 2.24) is 20.1 Å². The van der Waals surface area contributed by atoms with Gasteiger partial charge in [-0.05, 0) is 75.1 Å². The summed E-state index contributed by atoms with van der Waals surface area (Å²) >= 11 is 6.06. The van der Waals surface area contributed by atoms with Crippen LogP contribution in [0.15, 0.2) is 24.4 Å². The Morgan fingerprint density at radius 3 is 2.29 bits per heavy atom. The van der Waals surface area contributed by atoms with Crippen LogP contribution < -0.4 is 15.5 Å². The third-order valence-electron chi connectivity index (χ3n) is 8.09. The average Bonchev–Trinajstić information content (AvgIpc) is 3.16. The lowest BCUT2D eigenvalue weighted by Gasteiger charge is -2.48. The lowest BCUT2D eigenvalue weighted by Crippen LogP contribution is -2.47. The first-order chi connectivity index (χ1) is 17.1. The fourth-order valence-electron chi connectivity index (χ4n) is 5.80. The molecule has 3 fully saturated rings. The van der Waals surface area contributed by atoms with E-state index in [1.165, 1.54) is 70.1 Å².